The first kappa shape index (κ1) is 18.5. The van der Waals surface area contributed by atoms with Crippen molar-refractivity contribution < 1.29 is 14.8 Å². The van der Waals surface area contributed by atoms with Gasteiger partial charge in [0.25, 0.3) is 0 Å². The topological polar surface area (TPSA) is 85.4 Å². The van der Waals surface area contributed by atoms with Gasteiger partial charge in [0, 0.05) is 36.0 Å². The van der Waals surface area contributed by atoms with E-state index in [4.69, 9.17) is 5.21 Å². The number of nitrogens with one attached hydrogen (secondary N) is 2. The van der Waals surface area contributed by atoms with Crippen LogP contribution in [-0.2, 0) is 16.0 Å². The fourth-order valence-corrected chi connectivity index (χ4v) is 3.88. The Morgan fingerprint density at radius 2 is 1.92 bits per heavy atom. The van der Waals surface area contributed by atoms with Crippen LogP contribution in [0.5, 0.6) is 0 Å². The van der Waals surface area contributed by atoms with Crippen LogP contribution in [0.15, 0.2) is 24.3 Å². The van der Waals surface area contributed by atoms with Gasteiger partial charge in [-0.1, -0.05) is 31.0 Å². The number of carbonyl (C=O) groups excluding carboxylic acids is 2. The Morgan fingerprint density at radius 3 is 2.69 bits per heavy atom. The second-order valence-corrected chi connectivity index (χ2v) is 7.03. The molecule has 0 fully saturated rings. The van der Waals surface area contributed by atoms with Crippen LogP contribution in [0, 0.1) is 0 Å². The number of para-hydroxylation sites is 1. The van der Waals surface area contributed by atoms with Crippen molar-refractivity contribution in [3.05, 3.63) is 35.5 Å². The van der Waals surface area contributed by atoms with Crippen LogP contribution in [0.2, 0.25) is 0 Å². The molecule has 26 heavy (non-hydrogen) atoms. The molecule has 3 N–H and O–H groups in total. The van der Waals surface area contributed by atoms with Crippen LogP contribution >= 0.6 is 0 Å². The molecular weight excluding hydrogens is 330 g/mol. The molecule has 0 saturated heterocycles. The molecule has 0 aliphatic carbocycles. The zero-order valence-corrected chi connectivity index (χ0v) is 15.3. The fraction of sp³-hybridized carbons (Fsp3) is 0.500. The molecule has 1 atom stereocenters. The molecule has 0 unspecified atom stereocenters. The Labute approximate surface area is 153 Å². The van der Waals surface area contributed by atoms with Crippen molar-refractivity contribution in [1.29, 1.82) is 0 Å². The van der Waals surface area contributed by atoms with Crippen LogP contribution in [0.3, 0.4) is 0 Å². The second kappa shape index (κ2) is 8.36. The molecule has 0 radical (unpaired) electrons. The summed E-state index contributed by atoms with van der Waals surface area (Å²) >= 11 is 0. The number of benzene rings is 1. The molecule has 1 aromatic heterocycles. The predicted molar refractivity (Wildman–Crippen MR) is 99.8 cm³/mol. The number of fused-ring (bicyclic) bond motifs is 3. The molecule has 6 heteroatoms. The summed E-state index contributed by atoms with van der Waals surface area (Å²) in [5, 5.41) is 9.71. The van der Waals surface area contributed by atoms with Crippen molar-refractivity contribution in [3.8, 4) is 0 Å². The van der Waals surface area contributed by atoms with Crippen LogP contribution < -0.4 is 5.48 Å². The van der Waals surface area contributed by atoms with Crippen LogP contribution in [0.4, 0.5) is 0 Å². The number of unbranched alkanes of at least 4 members (excludes halogenated alkanes) is 3. The lowest BCUT2D eigenvalue weighted by Gasteiger charge is -2.33. The number of amides is 2. The Morgan fingerprint density at radius 1 is 1.19 bits per heavy atom. The number of hydrogen-bond acceptors (Lipinski definition) is 3. The van der Waals surface area contributed by atoms with Gasteiger partial charge in [0.2, 0.25) is 11.8 Å². The number of hydroxylamine groups is 1. The summed E-state index contributed by atoms with van der Waals surface area (Å²) in [4.78, 5) is 29.1. The molecule has 2 heterocycles. The highest BCUT2D eigenvalue weighted by molar-refractivity contribution is 5.86. The van der Waals surface area contributed by atoms with Gasteiger partial charge in [-0.2, -0.15) is 0 Å². The highest BCUT2D eigenvalue weighted by Crippen LogP contribution is 2.34. The first-order valence-electron chi connectivity index (χ1n) is 9.43. The zero-order valence-electron chi connectivity index (χ0n) is 15.3. The minimum Gasteiger partial charge on any atom is -0.356 e. The molecule has 140 valence electrons. The first-order chi connectivity index (χ1) is 12.6. The largest absolute Gasteiger partial charge is 0.356 e. The number of aromatic nitrogens is 1. The normalized spacial score (nSPS) is 16.5. The van der Waals surface area contributed by atoms with Gasteiger partial charge in [-0.3, -0.25) is 14.8 Å². The number of hydrogen-bond donors (Lipinski definition) is 3. The average molecular weight is 357 g/mol. The van der Waals surface area contributed by atoms with Crippen molar-refractivity contribution in [2.75, 3.05) is 6.54 Å². The minimum absolute atomic E-state index is 0.0758. The summed E-state index contributed by atoms with van der Waals surface area (Å²) in [6, 6.07) is 8.40. The third-order valence-corrected chi connectivity index (χ3v) is 5.32. The van der Waals surface area contributed by atoms with E-state index >= 15 is 0 Å². The third kappa shape index (κ3) is 3.90. The predicted octanol–water partition coefficient (Wildman–Crippen LogP) is 3.46. The maximum absolute atomic E-state index is 12.6. The number of nitrogens with zero attached hydrogens (tertiary/aromatic N) is 1. The number of aromatic amines is 1. The van der Waals surface area contributed by atoms with Gasteiger partial charge in [-0.05, 0) is 37.8 Å². The average Bonchev–Trinajstić information content (AvgIpc) is 3.04. The molecule has 6 nitrogen and oxygen atoms in total. The summed E-state index contributed by atoms with van der Waals surface area (Å²) in [7, 11) is 0. The molecule has 0 saturated carbocycles. The van der Waals surface area contributed by atoms with Gasteiger partial charge in [0.1, 0.15) is 0 Å². The number of carbonyl (C=O) groups is 2. The SMILES string of the molecule is C[C@H]1c2[nH]c3ccccc3c2CCN1C(=O)CCCCCCC(=O)NO. The van der Waals surface area contributed by atoms with Crippen LogP contribution in [0.1, 0.15) is 62.7 Å². The number of rotatable bonds is 7. The van der Waals surface area contributed by atoms with Gasteiger partial charge in [0.05, 0.1) is 6.04 Å². The van der Waals surface area contributed by atoms with Gasteiger partial charge < -0.3 is 9.88 Å². The van der Waals surface area contributed by atoms with Crippen LogP contribution in [0.25, 0.3) is 10.9 Å². The maximum Gasteiger partial charge on any atom is 0.243 e. The van der Waals surface area contributed by atoms with Crippen molar-refractivity contribution in [3.63, 3.8) is 0 Å². The van der Waals surface area contributed by atoms with Crippen molar-refractivity contribution >= 4 is 22.7 Å². The Balaban J connectivity index is 1.51. The molecule has 1 aliphatic heterocycles. The first-order valence-corrected chi connectivity index (χ1v) is 9.43. The molecule has 0 bridgehead atoms. The lowest BCUT2D eigenvalue weighted by atomic mass is 9.97. The van der Waals surface area contributed by atoms with Crippen molar-refractivity contribution in [1.82, 2.24) is 15.4 Å². The fourth-order valence-electron chi connectivity index (χ4n) is 3.88. The number of H-pyrrole nitrogens is 1. The van der Waals surface area contributed by atoms with E-state index in [0.29, 0.717) is 12.8 Å². The van der Waals surface area contributed by atoms with Crippen molar-refractivity contribution in [2.45, 2.75) is 57.9 Å². The van der Waals surface area contributed by atoms with Crippen molar-refractivity contribution in [2.24, 2.45) is 0 Å². The summed E-state index contributed by atoms with van der Waals surface area (Å²) in [5.41, 5.74) is 5.29. The van der Waals surface area contributed by atoms with Gasteiger partial charge >= 0.3 is 0 Å². The maximum atomic E-state index is 12.6. The summed E-state index contributed by atoms with van der Waals surface area (Å²) < 4.78 is 0. The highest BCUT2D eigenvalue weighted by Gasteiger charge is 2.29. The molecule has 3 rings (SSSR count). The lowest BCUT2D eigenvalue weighted by molar-refractivity contribution is -0.134. The van der Waals surface area contributed by atoms with Gasteiger partial charge in [-0.25, -0.2) is 5.48 Å². The Bertz CT molecular complexity index is 784. The highest BCUT2D eigenvalue weighted by atomic mass is 16.5. The van der Waals surface area contributed by atoms with E-state index in [9.17, 15) is 9.59 Å². The molecular formula is C20H27N3O3. The van der Waals surface area contributed by atoms with Gasteiger partial charge in [-0.15, -0.1) is 0 Å². The van der Waals surface area contributed by atoms with E-state index in [-0.39, 0.29) is 17.9 Å². The van der Waals surface area contributed by atoms with E-state index < -0.39 is 0 Å². The minimum atomic E-state index is -0.350. The standard InChI is InChI=1S/C20H27N3O3/c1-14-20-16(15-8-6-7-9-17(15)21-20)12-13-23(14)19(25)11-5-3-2-4-10-18(24)22-26/h6-9,14,21,26H,2-5,10-13H2,1H3,(H,22,24)/t14-/m0/s1. The summed E-state index contributed by atoms with van der Waals surface area (Å²) in [5.74, 6) is -0.146. The second-order valence-electron chi connectivity index (χ2n) is 7.03. The third-order valence-electron chi connectivity index (χ3n) is 5.32. The molecule has 2 aromatic rings. The van der Waals surface area contributed by atoms with Crippen LogP contribution in [-0.4, -0.2) is 33.5 Å². The Hall–Kier alpha value is -2.34. The quantitative estimate of drug-likeness (QED) is 0.403. The van der Waals surface area contributed by atoms with E-state index in [2.05, 4.69) is 30.1 Å². The summed E-state index contributed by atoms with van der Waals surface area (Å²) in [6.45, 7) is 2.87. The molecule has 0 spiro atoms. The van der Waals surface area contributed by atoms with E-state index in [0.717, 1.165) is 44.2 Å². The molecule has 1 aliphatic rings. The van der Waals surface area contributed by atoms with E-state index in [1.807, 2.05) is 11.0 Å². The van der Waals surface area contributed by atoms with E-state index in [1.165, 1.54) is 16.6 Å². The molecule has 2 amide bonds. The van der Waals surface area contributed by atoms with E-state index in [1.54, 1.807) is 5.48 Å². The zero-order chi connectivity index (χ0) is 18.5. The van der Waals surface area contributed by atoms with Gasteiger partial charge in [0.15, 0.2) is 0 Å². The smallest absolute Gasteiger partial charge is 0.243 e. The monoisotopic (exact) mass is 357 g/mol. The molecule has 1 aromatic carbocycles. The Kier molecular flexibility index (Phi) is 5.93. The summed E-state index contributed by atoms with van der Waals surface area (Å²) in [6.07, 6.45) is 5.16. The lowest BCUT2D eigenvalue weighted by Crippen LogP contribution is -2.38.